The van der Waals surface area contributed by atoms with Gasteiger partial charge in [-0.05, 0) is 71.1 Å². The van der Waals surface area contributed by atoms with E-state index in [9.17, 15) is 0 Å². The molecule has 53 heavy (non-hydrogen) atoms. The lowest BCUT2D eigenvalue weighted by Gasteiger charge is -2.32. The maximum absolute atomic E-state index is 5.57. The molecule has 0 bridgehead atoms. The summed E-state index contributed by atoms with van der Waals surface area (Å²) in [6.07, 6.45) is -0.332. The van der Waals surface area contributed by atoms with E-state index in [1.165, 1.54) is 86.6 Å². The first-order valence-corrected chi connectivity index (χ1v) is 18.9. The Hall–Kier alpha value is -6.56. The van der Waals surface area contributed by atoms with Crippen molar-refractivity contribution in [1.82, 2.24) is 9.13 Å². The molecular weight excluding hydrogens is 665 g/mol. The molecule has 0 amide bonds. The molecule has 0 spiro atoms. The quantitative estimate of drug-likeness (QED) is 0.200. The molecule has 0 saturated heterocycles. The Kier molecular flexibility index (Phi) is 6.02. The van der Waals surface area contributed by atoms with Crippen molar-refractivity contribution in [1.29, 1.82) is 0 Å². The fraction of sp³-hybridized carbons (Fsp3) is 0.0208. The third-order valence-corrected chi connectivity index (χ3v) is 12.3. The maximum atomic E-state index is 5.57. The summed E-state index contributed by atoms with van der Waals surface area (Å²) in [4.78, 5) is 8.06. The van der Waals surface area contributed by atoms with Crippen LogP contribution >= 0.6 is 11.8 Å². The second-order valence-corrected chi connectivity index (χ2v) is 15.0. The lowest BCUT2D eigenvalue weighted by Crippen LogP contribution is -2.26. The number of fused-ring (bicyclic) bond motifs is 10. The zero-order valence-corrected chi connectivity index (χ0v) is 29.3. The van der Waals surface area contributed by atoms with Gasteiger partial charge in [0, 0.05) is 59.2 Å². The number of nitrogens with one attached hydrogen (secondary N) is 1. The number of hydrogen-bond acceptors (Lipinski definition) is 3. The van der Waals surface area contributed by atoms with Crippen LogP contribution < -0.4 is 5.32 Å². The Morgan fingerprint density at radius 3 is 2.06 bits per heavy atom. The van der Waals surface area contributed by atoms with Crippen molar-refractivity contribution in [2.24, 2.45) is 4.99 Å². The number of para-hydroxylation sites is 3. The minimum Gasteiger partial charge on any atom is -0.346 e. The van der Waals surface area contributed by atoms with Crippen molar-refractivity contribution >= 4 is 77.5 Å². The third kappa shape index (κ3) is 4.11. The molecule has 0 aliphatic carbocycles. The molecular formula is C48H30N4S. The van der Waals surface area contributed by atoms with Crippen LogP contribution in [0, 0.1) is 0 Å². The molecule has 0 saturated carbocycles. The Morgan fingerprint density at radius 1 is 0.491 bits per heavy atom. The zero-order valence-electron chi connectivity index (χ0n) is 28.5. The summed E-state index contributed by atoms with van der Waals surface area (Å²) in [7, 11) is 0. The molecule has 1 N–H and O–H groups in total. The van der Waals surface area contributed by atoms with Crippen molar-refractivity contribution in [2.45, 2.75) is 16.1 Å². The molecule has 8 aromatic carbocycles. The molecule has 0 fully saturated rings. The minimum atomic E-state index is -0.332. The Labute approximate surface area is 309 Å². The number of anilines is 1. The lowest BCUT2D eigenvalue weighted by atomic mass is 9.95. The van der Waals surface area contributed by atoms with Gasteiger partial charge in [0.1, 0.15) is 0 Å². The first-order valence-electron chi connectivity index (χ1n) is 18.1. The number of nitrogens with zero attached hydrogens (tertiary/aromatic N) is 3. The van der Waals surface area contributed by atoms with Crippen LogP contribution in [0.15, 0.2) is 185 Å². The summed E-state index contributed by atoms with van der Waals surface area (Å²) < 4.78 is 4.81. The Bertz CT molecular complexity index is 3190. The molecule has 2 aliphatic rings. The largest absolute Gasteiger partial charge is 0.346 e. The van der Waals surface area contributed by atoms with E-state index in [4.69, 9.17) is 4.99 Å². The van der Waals surface area contributed by atoms with E-state index in [1.807, 2.05) is 11.8 Å². The van der Waals surface area contributed by atoms with Crippen molar-refractivity contribution in [3.05, 3.63) is 181 Å². The molecule has 5 heteroatoms. The van der Waals surface area contributed by atoms with E-state index in [-0.39, 0.29) is 6.29 Å². The van der Waals surface area contributed by atoms with Gasteiger partial charge in [0.05, 0.1) is 27.8 Å². The minimum absolute atomic E-state index is 0.332. The van der Waals surface area contributed by atoms with Crippen LogP contribution in [0.1, 0.15) is 17.4 Å². The SMILES string of the molecule is c1ccc(-n2c3ccccc3c3cc(-c4cccc5c4ccc4c6ccccc6n(C6N=C7c8ccccc8Sc8cccc(c87)N6)c54)ccc32)cc1. The van der Waals surface area contributed by atoms with Crippen LogP contribution in [0.25, 0.3) is 71.2 Å². The number of hydrogen-bond donors (Lipinski definition) is 1. The van der Waals surface area contributed by atoms with Crippen molar-refractivity contribution in [2.75, 3.05) is 5.32 Å². The highest BCUT2D eigenvalue weighted by Crippen LogP contribution is 2.47. The van der Waals surface area contributed by atoms with Crippen molar-refractivity contribution in [3.8, 4) is 16.8 Å². The smallest absolute Gasteiger partial charge is 0.201 e. The summed E-state index contributed by atoms with van der Waals surface area (Å²) in [5.74, 6) is 0. The normalized spacial score (nSPS) is 14.8. The van der Waals surface area contributed by atoms with E-state index in [2.05, 4.69) is 184 Å². The van der Waals surface area contributed by atoms with E-state index in [0.717, 1.165) is 16.9 Å². The van der Waals surface area contributed by atoms with E-state index in [1.54, 1.807) is 0 Å². The molecule has 0 radical (unpaired) electrons. The van der Waals surface area contributed by atoms with Gasteiger partial charge in [0.2, 0.25) is 6.29 Å². The predicted octanol–water partition coefficient (Wildman–Crippen LogP) is 12.6. The van der Waals surface area contributed by atoms with Gasteiger partial charge in [-0.25, -0.2) is 4.99 Å². The average molecular weight is 695 g/mol. The molecule has 12 rings (SSSR count). The van der Waals surface area contributed by atoms with Crippen LogP contribution in [0.2, 0.25) is 0 Å². The van der Waals surface area contributed by atoms with E-state index in [0.29, 0.717) is 0 Å². The molecule has 2 aromatic heterocycles. The fourth-order valence-corrected chi connectivity index (χ4v) is 10.0. The molecule has 4 heterocycles. The van der Waals surface area contributed by atoms with E-state index < -0.39 is 0 Å². The molecule has 2 aliphatic heterocycles. The maximum Gasteiger partial charge on any atom is 0.201 e. The fourth-order valence-electron chi connectivity index (χ4n) is 8.89. The number of aromatic nitrogens is 2. The average Bonchev–Trinajstić information content (AvgIpc) is 3.74. The van der Waals surface area contributed by atoms with Gasteiger partial charge >= 0.3 is 0 Å². The monoisotopic (exact) mass is 694 g/mol. The van der Waals surface area contributed by atoms with Crippen LogP contribution in [0.5, 0.6) is 0 Å². The topological polar surface area (TPSA) is 34.2 Å². The van der Waals surface area contributed by atoms with E-state index >= 15 is 0 Å². The summed E-state index contributed by atoms with van der Waals surface area (Å²) in [5, 5.41) is 11.3. The van der Waals surface area contributed by atoms with Gasteiger partial charge in [-0.2, -0.15) is 0 Å². The first kappa shape index (κ1) is 29.1. The second kappa shape index (κ2) is 11.0. The van der Waals surface area contributed by atoms with Gasteiger partial charge in [0.25, 0.3) is 0 Å². The summed E-state index contributed by atoms with van der Waals surface area (Å²) in [6.45, 7) is 0. The highest BCUT2D eigenvalue weighted by Gasteiger charge is 2.31. The van der Waals surface area contributed by atoms with Crippen LogP contribution in [-0.2, 0) is 0 Å². The van der Waals surface area contributed by atoms with Crippen molar-refractivity contribution < 1.29 is 0 Å². The lowest BCUT2D eigenvalue weighted by molar-refractivity contribution is 0.624. The molecule has 248 valence electrons. The first-order chi connectivity index (χ1) is 26.3. The predicted molar refractivity (Wildman–Crippen MR) is 222 cm³/mol. The van der Waals surface area contributed by atoms with Crippen LogP contribution in [-0.4, -0.2) is 14.8 Å². The van der Waals surface area contributed by atoms with Crippen molar-refractivity contribution in [3.63, 3.8) is 0 Å². The molecule has 1 unspecified atom stereocenters. The van der Waals surface area contributed by atoms with Gasteiger partial charge in [-0.1, -0.05) is 127 Å². The number of rotatable bonds is 3. The van der Waals surface area contributed by atoms with Gasteiger partial charge in [-0.3, -0.25) is 0 Å². The van der Waals surface area contributed by atoms with Gasteiger partial charge < -0.3 is 14.5 Å². The summed E-state index contributed by atoms with van der Waals surface area (Å²) in [5.41, 5.74) is 12.9. The summed E-state index contributed by atoms with van der Waals surface area (Å²) in [6, 6.07) is 61.8. The molecule has 10 aromatic rings. The molecule has 1 atom stereocenters. The number of aliphatic imine (C=N–C) groups is 1. The third-order valence-electron chi connectivity index (χ3n) is 11.1. The van der Waals surface area contributed by atoms with Gasteiger partial charge in [-0.15, -0.1) is 0 Å². The Balaban J connectivity index is 1.10. The summed E-state index contributed by atoms with van der Waals surface area (Å²) >= 11 is 1.83. The molecule has 4 nitrogen and oxygen atoms in total. The van der Waals surface area contributed by atoms with Crippen LogP contribution in [0.4, 0.5) is 5.69 Å². The second-order valence-electron chi connectivity index (χ2n) is 13.9. The zero-order chi connectivity index (χ0) is 34.6. The standard InChI is InChI=1S/C48H30N4S/c1-2-12-30(13-3-1)51-40-20-7-5-15-34(40)38-28-29(24-27-42(38)51)31-17-10-18-35-32(31)25-26-36-33-14-4-8-21-41(33)52(47(35)36)48-49-39-19-11-23-44-45(39)46(50-48)37-16-6-9-22-43(37)53-44/h1-28,48-49H. The van der Waals surface area contributed by atoms with Crippen LogP contribution in [0.3, 0.4) is 0 Å². The van der Waals surface area contributed by atoms with Gasteiger partial charge in [0.15, 0.2) is 0 Å². The number of benzene rings is 8. The Morgan fingerprint density at radius 2 is 1.15 bits per heavy atom. The highest BCUT2D eigenvalue weighted by molar-refractivity contribution is 7.99. The highest BCUT2D eigenvalue weighted by atomic mass is 32.2.